The van der Waals surface area contributed by atoms with Crippen LogP contribution in [0.4, 0.5) is 0 Å². The van der Waals surface area contributed by atoms with Crippen molar-refractivity contribution in [1.82, 2.24) is 10.6 Å². The summed E-state index contributed by atoms with van der Waals surface area (Å²) < 4.78 is -1.81. The Morgan fingerprint density at radius 2 is 1.11 bits per heavy atom. The van der Waals surface area contributed by atoms with Gasteiger partial charge in [-0.3, -0.25) is 9.59 Å². The van der Waals surface area contributed by atoms with Crippen LogP contribution in [0.3, 0.4) is 0 Å². The van der Waals surface area contributed by atoms with E-state index in [0.717, 1.165) is 11.5 Å². The van der Waals surface area contributed by atoms with Crippen LogP contribution in [0.1, 0.15) is 0 Å². The first-order valence-corrected chi connectivity index (χ1v) is 10.7. The van der Waals surface area contributed by atoms with Crippen LogP contribution in [-0.2, 0) is 9.59 Å². The van der Waals surface area contributed by atoms with Gasteiger partial charge in [-0.25, -0.2) is 0 Å². The molecule has 11 heteroatoms. The molecule has 0 bridgehead atoms. The van der Waals surface area contributed by atoms with E-state index in [0.29, 0.717) is 13.1 Å². The molecule has 2 amide bonds. The largest absolute Gasteiger partial charge is 0.353 e. The van der Waals surface area contributed by atoms with Crippen LogP contribution < -0.4 is 10.6 Å². The Hall–Kier alpha value is 2.17. The van der Waals surface area contributed by atoms with E-state index in [4.69, 9.17) is 0 Å². The molecule has 0 rings (SSSR count). The SMILES string of the molecule is O=C(NCCSCCNC(=O)C(Br)(Br)Br)C(Br)(Br)Br. The van der Waals surface area contributed by atoms with Gasteiger partial charge in [-0.2, -0.15) is 11.8 Å². The molecule has 0 saturated heterocycles. The van der Waals surface area contributed by atoms with Crippen LogP contribution in [-0.4, -0.2) is 40.7 Å². The zero-order valence-corrected chi connectivity index (χ0v) is 19.7. The van der Waals surface area contributed by atoms with E-state index in [1.54, 1.807) is 11.8 Å². The quantitative estimate of drug-likeness (QED) is 0.334. The highest BCUT2D eigenvalue weighted by molar-refractivity contribution is 9.40. The highest BCUT2D eigenvalue weighted by atomic mass is 80.0. The van der Waals surface area contributed by atoms with Crippen molar-refractivity contribution in [2.75, 3.05) is 24.6 Å². The minimum Gasteiger partial charge on any atom is -0.353 e. The molecule has 2 N–H and O–H groups in total. The number of halogens is 6. The summed E-state index contributed by atoms with van der Waals surface area (Å²) in [6.45, 7) is 1.11. The lowest BCUT2D eigenvalue weighted by Crippen LogP contribution is -2.36. The Morgan fingerprint density at radius 3 is 1.37 bits per heavy atom. The fourth-order valence-corrected chi connectivity index (χ4v) is 2.31. The smallest absolute Gasteiger partial charge is 0.258 e. The van der Waals surface area contributed by atoms with Gasteiger partial charge >= 0.3 is 0 Å². The van der Waals surface area contributed by atoms with Gasteiger partial charge in [0.15, 0.2) is 0 Å². The first kappa shape index (κ1) is 21.2. The number of hydrogen-bond acceptors (Lipinski definition) is 3. The van der Waals surface area contributed by atoms with Crippen LogP contribution in [0.25, 0.3) is 0 Å². The van der Waals surface area contributed by atoms with Crippen molar-refractivity contribution >= 4 is 119 Å². The third-order valence-electron chi connectivity index (χ3n) is 1.58. The molecule has 0 fully saturated rings. The van der Waals surface area contributed by atoms with E-state index in [1.807, 2.05) is 0 Å². The number of amides is 2. The van der Waals surface area contributed by atoms with Crippen LogP contribution in [0.15, 0.2) is 0 Å². The molecule has 0 aliphatic heterocycles. The van der Waals surface area contributed by atoms with Gasteiger partial charge in [0.05, 0.1) is 0 Å². The molecule has 0 radical (unpaired) electrons. The predicted molar refractivity (Wildman–Crippen MR) is 102 cm³/mol. The minimum absolute atomic E-state index is 0.191. The summed E-state index contributed by atoms with van der Waals surface area (Å²) in [6.07, 6.45) is 0. The molecule has 19 heavy (non-hydrogen) atoms. The third-order valence-corrected chi connectivity index (χ3v) is 4.73. The number of rotatable bonds is 6. The molecule has 0 unspecified atom stereocenters. The number of hydrogen-bond donors (Lipinski definition) is 2. The van der Waals surface area contributed by atoms with Crippen molar-refractivity contribution < 1.29 is 9.59 Å². The van der Waals surface area contributed by atoms with Gasteiger partial charge in [-0.05, 0) is 95.6 Å². The molecule has 0 aromatic rings. The molecule has 0 atom stereocenters. The van der Waals surface area contributed by atoms with E-state index >= 15 is 0 Å². The molecular formula is C8H10Br6N2O2S. The fourth-order valence-electron chi connectivity index (χ4n) is 0.776. The summed E-state index contributed by atoms with van der Waals surface area (Å²) in [5.74, 6) is 1.16. The molecule has 4 nitrogen and oxygen atoms in total. The van der Waals surface area contributed by atoms with Crippen LogP contribution in [0.5, 0.6) is 0 Å². The third kappa shape index (κ3) is 11.4. The molecule has 0 heterocycles. The lowest BCUT2D eigenvalue weighted by Gasteiger charge is -2.13. The van der Waals surface area contributed by atoms with Gasteiger partial charge in [-0.15, -0.1) is 0 Å². The zero-order chi connectivity index (χ0) is 15.1. The van der Waals surface area contributed by atoms with Crippen LogP contribution in [0, 0.1) is 0 Å². The number of carbonyl (C=O) groups is 2. The first-order chi connectivity index (χ1) is 8.55. The second-order valence-electron chi connectivity index (χ2n) is 3.12. The molecule has 0 aliphatic carbocycles. The number of carbonyl (C=O) groups excluding carboxylic acids is 2. The maximum absolute atomic E-state index is 11.4. The van der Waals surface area contributed by atoms with Gasteiger partial charge in [0.1, 0.15) is 0 Å². The summed E-state index contributed by atoms with van der Waals surface area (Å²) in [5, 5.41) is 5.47. The van der Waals surface area contributed by atoms with E-state index in [-0.39, 0.29) is 11.8 Å². The Balaban J connectivity index is 3.53. The van der Waals surface area contributed by atoms with Crippen LogP contribution >= 0.6 is 107 Å². The van der Waals surface area contributed by atoms with E-state index in [2.05, 4.69) is 106 Å². The molecule has 0 spiro atoms. The summed E-state index contributed by atoms with van der Waals surface area (Å²) in [6, 6.07) is 0. The second-order valence-corrected chi connectivity index (χ2v) is 17.9. The molecule has 0 aromatic heterocycles. The Kier molecular flexibility index (Phi) is 11.2. The summed E-state index contributed by atoms with van der Waals surface area (Å²) in [7, 11) is 0. The fraction of sp³-hybridized carbons (Fsp3) is 0.750. The summed E-state index contributed by atoms with van der Waals surface area (Å²) >= 11 is 20.4. The maximum atomic E-state index is 11.4. The lowest BCUT2D eigenvalue weighted by molar-refractivity contribution is -0.120. The molecule has 0 saturated carbocycles. The minimum atomic E-state index is -0.906. The van der Waals surface area contributed by atoms with Crippen molar-refractivity contribution in [2.45, 2.75) is 4.29 Å². The first-order valence-electron chi connectivity index (χ1n) is 4.83. The highest BCUT2D eigenvalue weighted by Gasteiger charge is 2.28. The average molecular weight is 678 g/mol. The van der Waals surface area contributed by atoms with E-state index in [9.17, 15) is 9.59 Å². The topological polar surface area (TPSA) is 58.2 Å². The van der Waals surface area contributed by atoms with E-state index < -0.39 is 4.29 Å². The number of thioether (sulfide) groups is 1. The van der Waals surface area contributed by atoms with Crippen LogP contribution in [0.2, 0.25) is 0 Å². The number of nitrogens with one attached hydrogen (secondary N) is 2. The highest BCUT2D eigenvalue weighted by Crippen LogP contribution is 2.33. The Labute approximate surface area is 166 Å². The zero-order valence-electron chi connectivity index (χ0n) is 9.32. The predicted octanol–water partition coefficient (Wildman–Crippen LogP) is 3.63. The summed E-state index contributed by atoms with van der Waals surface area (Å²) in [4.78, 5) is 22.8. The van der Waals surface area contributed by atoms with Gasteiger partial charge in [-0.1, -0.05) is 0 Å². The lowest BCUT2D eigenvalue weighted by atomic mass is 10.6. The van der Waals surface area contributed by atoms with Gasteiger partial charge < -0.3 is 10.6 Å². The molecule has 0 aliphatic rings. The van der Waals surface area contributed by atoms with Crippen molar-refractivity contribution in [2.24, 2.45) is 0 Å². The Bertz CT molecular complexity index is 287. The molecule has 112 valence electrons. The van der Waals surface area contributed by atoms with Gasteiger partial charge in [0.25, 0.3) is 11.8 Å². The van der Waals surface area contributed by atoms with E-state index in [1.165, 1.54) is 0 Å². The normalized spacial score (nSPS) is 12.1. The van der Waals surface area contributed by atoms with Crippen molar-refractivity contribution in [3.05, 3.63) is 0 Å². The monoisotopic (exact) mass is 672 g/mol. The van der Waals surface area contributed by atoms with Crippen molar-refractivity contribution in [3.8, 4) is 0 Å². The second kappa shape index (κ2) is 10.0. The summed E-state index contributed by atoms with van der Waals surface area (Å²) in [5.41, 5.74) is 0. The maximum Gasteiger partial charge on any atom is 0.258 e. The molecule has 0 aromatic carbocycles. The Morgan fingerprint density at radius 1 is 0.789 bits per heavy atom. The average Bonchev–Trinajstić information content (AvgIpc) is 2.24. The number of alkyl halides is 6. The van der Waals surface area contributed by atoms with Gasteiger partial charge in [0, 0.05) is 24.6 Å². The standard InChI is InChI=1S/C8H10Br6N2O2S/c9-7(10,11)5(17)15-1-3-19-4-2-16-6(18)8(12,13)14/h1-4H2,(H,15,17)(H,16,18). The van der Waals surface area contributed by atoms with Crippen molar-refractivity contribution in [3.63, 3.8) is 0 Å². The van der Waals surface area contributed by atoms with Crippen molar-refractivity contribution in [1.29, 1.82) is 0 Å². The van der Waals surface area contributed by atoms with Gasteiger partial charge in [0.2, 0.25) is 4.29 Å². The molecular weight excluding hydrogens is 668 g/mol.